The Labute approximate surface area is 164 Å². The molecule has 3 aromatic heterocycles. The van der Waals surface area contributed by atoms with Crippen LogP contribution in [0.25, 0.3) is 17.2 Å². The molecule has 1 aromatic carbocycles. The van der Waals surface area contributed by atoms with Gasteiger partial charge in [0.15, 0.2) is 17.3 Å². The SMILES string of the molecule is CCOc1ccccc1-n1nnc(-c2nsc(NC(=O)c3ccco3)n2)c1C. The Morgan fingerprint density at radius 1 is 1.29 bits per heavy atom. The molecule has 0 saturated heterocycles. The molecule has 0 bridgehead atoms. The second-order valence-corrected chi connectivity index (χ2v) is 6.44. The predicted octanol–water partition coefficient (Wildman–Crippen LogP) is 3.34. The molecule has 0 radical (unpaired) electrons. The zero-order valence-electron chi connectivity index (χ0n) is 15.1. The number of carbonyl (C=O) groups is 1. The summed E-state index contributed by atoms with van der Waals surface area (Å²) in [6, 6.07) is 10.8. The van der Waals surface area contributed by atoms with Gasteiger partial charge < -0.3 is 9.15 Å². The first kappa shape index (κ1) is 17.9. The number of furan rings is 1. The quantitative estimate of drug-likeness (QED) is 0.532. The molecule has 0 saturated carbocycles. The summed E-state index contributed by atoms with van der Waals surface area (Å²) in [6.07, 6.45) is 1.43. The van der Waals surface area contributed by atoms with Crippen LogP contribution < -0.4 is 10.1 Å². The van der Waals surface area contributed by atoms with E-state index in [2.05, 4.69) is 25.0 Å². The smallest absolute Gasteiger partial charge is 0.293 e. The van der Waals surface area contributed by atoms with Crippen LogP contribution in [0.15, 0.2) is 47.1 Å². The molecule has 9 nitrogen and oxygen atoms in total. The van der Waals surface area contributed by atoms with E-state index in [1.54, 1.807) is 16.8 Å². The number of hydrogen-bond donors (Lipinski definition) is 1. The van der Waals surface area contributed by atoms with Crippen molar-refractivity contribution in [1.29, 1.82) is 0 Å². The predicted molar refractivity (Wildman–Crippen MR) is 103 cm³/mol. The molecule has 0 unspecified atom stereocenters. The second-order valence-electron chi connectivity index (χ2n) is 5.69. The minimum Gasteiger partial charge on any atom is -0.492 e. The van der Waals surface area contributed by atoms with Gasteiger partial charge in [0.1, 0.15) is 11.4 Å². The van der Waals surface area contributed by atoms with Crippen LogP contribution in [0.4, 0.5) is 5.13 Å². The average Bonchev–Trinajstić information content (AvgIpc) is 3.44. The lowest BCUT2D eigenvalue weighted by Crippen LogP contribution is -2.10. The van der Waals surface area contributed by atoms with Crippen molar-refractivity contribution in [3.05, 3.63) is 54.1 Å². The number of nitrogens with zero attached hydrogens (tertiary/aromatic N) is 5. The summed E-state index contributed by atoms with van der Waals surface area (Å²) in [5, 5.41) is 11.4. The fourth-order valence-corrected chi connectivity index (χ4v) is 3.18. The van der Waals surface area contributed by atoms with Gasteiger partial charge in [-0.1, -0.05) is 17.3 Å². The van der Waals surface area contributed by atoms with E-state index in [1.165, 1.54) is 6.26 Å². The van der Waals surface area contributed by atoms with Crippen LogP contribution in [0.3, 0.4) is 0 Å². The molecule has 28 heavy (non-hydrogen) atoms. The zero-order chi connectivity index (χ0) is 19.5. The Kier molecular flexibility index (Phi) is 4.85. The fourth-order valence-electron chi connectivity index (χ4n) is 2.61. The lowest BCUT2D eigenvalue weighted by atomic mass is 10.2. The van der Waals surface area contributed by atoms with Crippen LogP contribution in [0.1, 0.15) is 23.2 Å². The molecule has 142 valence electrons. The van der Waals surface area contributed by atoms with Crippen LogP contribution >= 0.6 is 11.5 Å². The Hall–Kier alpha value is -3.53. The van der Waals surface area contributed by atoms with Crippen molar-refractivity contribution in [3.63, 3.8) is 0 Å². The molecule has 1 amide bonds. The first-order valence-corrected chi connectivity index (χ1v) is 9.28. The fraction of sp³-hybridized carbons (Fsp3) is 0.167. The number of ether oxygens (including phenoxy) is 1. The van der Waals surface area contributed by atoms with Crippen molar-refractivity contribution in [2.24, 2.45) is 0 Å². The summed E-state index contributed by atoms with van der Waals surface area (Å²) in [4.78, 5) is 16.4. The van der Waals surface area contributed by atoms with Gasteiger partial charge in [0.05, 0.1) is 18.6 Å². The number of carbonyl (C=O) groups excluding carboxylic acids is 1. The molecule has 4 aromatic rings. The van der Waals surface area contributed by atoms with E-state index in [9.17, 15) is 4.79 Å². The number of nitrogens with one attached hydrogen (secondary N) is 1. The summed E-state index contributed by atoms with van der Waals surface area (Å²) in [5.41, 5.74) is 2.07. The largest absolute Gasteiger partial charge is 0.492 e. The third-order valence-electron chi connectivity index (χ3n) is 3.89. The number of anilines is 1. The first-order valence-electron chi connectivity index (χ1n) is 8.50. The molecule has 0 aliphatic rings. The highest BCUT2D eigenvalue weighted by Crippen LogP contribution is 2.27. The molecule has 0 spiro atoms. The van der Waals surface area contributed by atoms with Crippen molar-refractivity contribution in [1.82, 2.24) is 24.4 Å². The van der Waals surface area contributed by atoms with Crippen LogP contribution in [-0.2, 0) is 0 Å². The maximum atomic E-state index is 12.1. The molecule has 4 rings (SSSR count). The third-order valence-corrected chi connectivity index (χ3v) is 4.52. The highest BCUT2D eigenvalue weighted by molar-refractivity contribution is 7.10. The van der Waals surface area contributed by atoms with Gasteiger partial charge in [-0.2, -0.15) is 9.36 Å². The first-order chi connectivity index (χ1) is 13.7. The van der Waals surface area contributed by atoms with E-state index in [1.807, 2.05) is 38.1 Å². The van der Waals surface area contributed by atoms with Crippen LogP contribution in [-0.4, -0.2) is 36.9 Å². The lowest BCUT2D eigenvalue weighted by molar-refractivity contribution is 0.0996. The van der Waals surface area contributed by atoms with Gasteiger partial charge in [0.25, 0.3) is 5.91 Å². The average molecular weight is 396 g/mol. The second kappa shape index (κ2) is 7.61. The van der Waals surface area contributed by atoms with E-state index < -0.39 is 5.91 Å². The Balaban J connectivity index is 1.60. The van der Waals surface area contributed by atoms with Gasteiger partial charge in [-0.15, -0.1) is 5.10 Å². The summed E-state index contributed by atoms with van der Waals surface area (Å²) in [6.45, 7) is 4.35. The molecular weight excluding hydrogens is 380 g/mol. The number of aromatic nitrogens is 5. The number of amides is 1. The molecule has 0 aliphatic heterocycles. The van der Waals surface area contributed by atoms with Gasteiger partial charge in [0, 0.05) is 11.5 Å². The summed E-state index contributed by atoms with van der Waals surface area (Å²) in [5.74, 6) is 0.907. The van der Waals surface area contributed by atoms with Crippen molar-refractivity contribution >= 4 is 22.6 Å². The summed E-state index contributed by atoms with van der Waals surface area (Å²) >= 11 is 1.06. The molecule has 3 heterocycles. The Bertz CT molecular complexity index is 1100. The van der Waals surface area contributed by atoms with E-state index in [0.717, 1.165) is 22.9 Å². The maximum absolute atomic E-state index is 12.1. The van der Waals surface area contributed by atoms with Gasteiger partial charge in [-0.05, 0) is 38.1 Å². The number of benzene rings is 1. The third kappa shape index (κ3) is 3.37. The molecule has 1 N–H and O–H groups in total. The van der Waals surface area contributed by atoms with Gasteiger partial charge in [0.2, 0.25) is 5.13 Å². The molecule has 10 heteroatoms. The zero-order valence-corrected chi connectivity index (χ0v) is 15.9. The summed E-state index contributed by atoms with van der Waals surface area (Å²) in [7, 11) is 0. The van der Waals surface area contributed by atoms with Crippen LogP contribution in [0.5, 0.6) is 5.75 Å². The van der Waals surface area contributed by atoms with E-state index in [-0.39, 0.29) is 5.76 Å². The summed E-state index contributed by atoms with van der Waals surface area (Å²) < 4.78 is 16.7. The van der Waals surface area contributed by atoms with Crippen molar-refractivity contribution < 1.29 is 13.9 Å². The molecule has 0 fully saturated rings. The number of para-hydroxylation sites is 2. The number of hydrogen-bond acceptors (Lipinski definition) is 8. The monoisotopic (exact) mass is 396 g/mol. The molecular formula is C18H16N6O3S. The van der Waals surface area contributed by atoms with Crippen molar-refractivity contribution in [2.75, 3.05) is 11.9 Å². The van der Waals surface area contributed by atoms with Crippen LogP contribution in [0.2, 0.25) is 0 Å². The lowest BCUT2D eigenvalue weighted by Gasteiger charge is -2.10. The molecule has 0 aliphatic carbocycles. The van der Waals surface area contributed by atoms with E-state index in [4.69, 9.17) is 9.15 Å². The highest BCUT2D eigenvalue weighted by Gasteiger charge is 2.19. The minimum atomic E-state index is -0.390. The van der Waals surface area contributed by atoms with E-state index >= 15 is 0 Å². The molecule has 0 atom stereocenters. The topological polar surface area (TPSA) is 108 Å². The highest BCUT2D eigenvalue weighted by atomic mass is 32.1. The Morgan fingerprint density at radius 3 is 2.93 bits per heavy atom. The maximum Gasteiger partial charge on any atom is 0.293 e. The van der Waals surface area contributed by atoms with E-state index in [0.29, 0.717) is 29.0 Å². The van der Waals surface area contributed by atoms with Crippen molar-refractivity contribution in [2.45, 2.75) is 13.8 Å². The van der Waals surface area contributed by atoms with Crippen LogP contribution in [0, 0.1) is 6.92 Å². The standard InChI is InChI=1S/C18H16N6O3S/c1-3-26-13-8-5-4-7-12(13)24-11(2)15(21-23-24)16-19-18(28-22-16)20-17(25)14-9-6-10-27-14/h4-10H,3H2,1-2H3,(H,19,20,22,25). The van der Waals surface area contributed by atoms with Crippen molar-refractivity contribution in [3.8, 4) is 23.0 Å². The normalized spacial score (nSPS) is 10.8. The van der Waals surface area contributed by atoms with Gasteiger partial charge in [-0.3, -0.25) is 10.1 Å². The number of rotatable bonds is 6. The van der Waals surface area contributed by atoms with Gasteiger partial charge >= 0.3 is 0 Å². The Morgan fingerprint density at radius 2 is 2.14 bits per heavy atom. The van der Waals surface area contributed by atoms with Gasteiger partial charge in [-0.25, -0.2) is 4.68 Å². The minimum absolute atomic E-state index is 0.200.